The summed E-state index contributed by atoms with van der Waals surface area (Å²) in [4.78, 5) is 3.41. The molecular formula is C16H11F3N2O3S. The van der Waals surface area contributed by atoms with Gasteiger partial charge in [-0.15, -0.1) is 0 Å². The minimum Gasteiger partial charge on any atom is -0.432 e. The summed E-state index contributed by atoms with van der Waals surface area (Å²) < 4.78 is 66.5. The largest absolute Gasteiger partial charge is 0.468 e. The molecule has 0 spiro atoms. The van der Waals surface area contributed by atoms with Crippen molar-refractivity contribution in [2.45, 2.75) is 11.1 Å². The number of primary sulfonamides is 1. The number of hydrogen-bond donors (Lipinski definition) is 1. The zero-order chi connectivity index (χ0) is 18.2. The molecule has 0 bridgehead atoms. The summed E-state index contributed by atoms with van der Waals surface area (Å²) >= 11 is 0. The van der Waals surface area contributed by atoms with E-state index in [0.29, 0.717) is 5.56 Å². The average molecular weight is 368 g/mol. The molecule has 2 N–H and O–H groups in total. The molecule has 0 aliphatic carbocycles. The van der Waals surface area contributed by atoms with Gasteiger partial charge in [-0.05, 0) is 24.3 Å². The number of oxazole rings is 1. The Morgan fingerprint density at radius 1 is 0.920 bits per heavy atom. The van der Waals surface area contributed by atoms with Crippen molar-refractivity contribution < 1.29 is 26.0 Å². The number of benzene rings is 2. The lowest BCUT2D eigenvalue weighted by Gasteiger charge is -2.03. The van der Waals surface area contributed by atoms with Crippen molar-refractivity contribution in [2.75, 3.05) is 0 Å². The van der Waals surface area contributed by atoms with Gasteiger partial charge in [-0.2, -0.15) is 13.2 Å². The molecule has 1 heterocycles. The maximum Gasteiger partial charge on any atom is 0.468 e. The van der Waals surface area contributed by atoms with Gasteiger partial charge in [0.25, 0.3) is 0 Å². The van der Waals surface area contributed by atoms with E-state index < -0.39 is 22.1 Å². The SMILES string of the molecule is NS(=O)(=O)c1ccc(-c2oc(C(F)(F)F)nc2-c2ccccc2)cc1. The Labute approximate surface area is 141 Å². The second-order valence-electron chi connectivity index (χ2n) is 5.13. The molecule has 0 aliphatic heterocycles. The molecular weight excluding hydrogens is 357 g/mol. The molecule has 0 atom stereocenters. The molecule has 2 aromatic carbocycles. The van der Waals surface area contributed by atoms with E-state index in [1.54, 1.807) is 30.3 Å². The summed E-state index contributed by atoms with van der Waals surface area (Å²) in [5, 5.41) is 5.02. The summed E-state index contributed by atoms with van der Waals surface area (Å²) in [6.45, 7) is 0. The lowest BCUT2D eigenvalue weighted by Crippen LogP contribution is -2.11. The molecule has 0 amide bonds. The number of alkyl halides is 3. The third-order valence-corrected chi connectivity index (χ3v) is 4.29. The predicted octanol–water partition coefficient (Wildman–Crippen LogP) is 3.67. The topological polar surface area (TPSA) is 86.2 Å². The highest BCUT2D eigenvalue weighted by atomic mass is 32.2. The summed E-state index contributed by atoms with van der Waals surface area (Å²) in [5.41, 5.74) is 0.692. The predicted molar refractivity (Wildman–Crippen MR) is 83.8 cm³/mol. The van der Waals surface area contributed by atoms with Gasteiger partial charge < -0.3 is 4.42 Å². The van der Waals surface area contributed by atoms with Gasteiger partial charge in [-0.1, -0.05) is 30.3 Å². The van der Waals surface area contributed by atoms with Crippen LogP contribution < -0.4 is 5.14 Å². The van der Waals surface area contributed by atoms with E-state index in [4.69, 9.17) is 9.56 Å². The fraction of sp³-hybridized carbons (Fsp3) is 0.0625. The maximum absolute atomic E-state index is 13.0. The molecule has 130 valence electrons. The van der Waals surface area contributed by atoms with Crippen molar-refractivity contribution in [1.82, 2.24) is 4.98 Å². The van der Waals surface area contributed by atoms with Crippen LogP contribution in [-0.2, 0) is 16.2 Å². The van der Waals surface area contributed by atoms with Crippen LogP contribution in [0.2, 0.25) is 0 Å². The average Bonchev–Trinajstić information content (AvgIpc) is 3.00. The first kappa shape index (κ1) is 17.2. The number of hydrogen-bond acceptors (Lipinski definition) is 4. The van der Waals surface area contributed by atoms with Gasteiger partial charge in [0.05, 0.1) is 4.90 Å². The second-order valence-corrected chi connectivity index (χ2v) is 6.69. The van der Waals surface area contributed by atoms with E-state index in [1.165, 1.54) is 24.3 Å². The van der Waals surface area contributed by atoms with Gasteiger partial charge in [0.15, 0.2) is 5.76 Å². The first-order valence-corrected chi connectivity index (χ1v) is 8.47. The van der Waals surface area contributed by atoms with Crippen molar-refractivity contribution in [3.63, 3.8) is 0 Å². The Balaban J connectivity index is 2.16. The van der Waals surface area contributed by atoms with Crippen LogP contribution in [0.15, 0.2) is 63.9 Å². The van der Waals surface area contributed by atoms with Gasteiger partial charge in [-0.25, -0.2) is 18.5 Å². The van der Waals surface area contributed by atoms with Gasteiger partial charge in [0.2, 0.25) is 10.0 Å². The summed E-state index contributed by atoms with van der Waals surface area (Å²) in [5.74, 6) is -1.49. The van der Waals surface area contributed by atoms with Crippen LogP contribution in [0.5, 0.6) is 0 Å². The number of aromatic nitrogens is 1. The summed E-state index contributed by atoms with van der Waals surface area (Å²) in [6.07, 6.45) is -4.75. The van der Waals surface area contributed by atoms with Crippen LogP contribution in [0.3, 0.4) is 0 Å². The second kappa shape index (κ2) is 6.01. The van der Waals surface area contributed by atoms with Crippen LogP contribution in [0.25, 0.3) is 22.6 Å². The number of sulfonamides is 1. The van der Waals surface area contributed by atoms with Crippen LogP contribution in [0, 0.1) is 0 Å². The van der Waals surface area contributed by atoms with Crippen molar-refractivity contribution in [1.29, 1.82) is 0 Å². The van der Waals surface area contributed by atoms with E-state index in [9.17, 15) is 21.6 Å². The standard InChI is InChI=1S/C16H11F3N2O3S/c17-16(18,19)15-21-13(10-4-2-1-3-5-10)14(24-15)11-6-8-12(9-7-11)25(20,22)23/h1-9H,(H2,20,22,23). The molecule has 25 heavy (non-hydrogen) atoms. The van der Waals surface area contributed by atoms with Crippen molar-refractivity contribution in [2.24, 2.45) is 5.14 Å². The van der Waals surface area contributed by atoms with Crippen LogP contribution in [0.1, 0.15) is 5.89 Å². The first-order valence-electron chi connectivity index (χ1n) is 6.93. The maximum atomic E-state index is 13.0. The summed E-state index contributed by atoms with van der Waals surface area (Å²) in [6, 6.07) is 13.2. The van der Waals surface area contributed by atoms with Gasteiger partial charge >= 0.3 is 12.1 Å². The molecule has 1 aromatic heterocycles. The smallest absolute Gasteiger partial charge is 0.432 e. The van der Waals surface area contributed by atoms with Gasteiger partial charge in [0.1, 0.15) is 5.69 Å². The molecule has 3 aromatic rings. The normalized spacial score (nSPS) is 12.3. The van der Waals surface area contributed by atoms with E-state index >= 15 is 0 Å². The quantitative estimate of drug-likeness (QED) is 0.764. The molecule has 0 fully saturated rings. The van der Waals surface area contributed by atoms with Crippen LogP contribution in [-0.4, -0.2) is 13.4 Å². The molecule has 0 unspecified atom stereocenters. The van der Waals surface area contributed by atoms with E-state index in [-0.39, 0.29) is 21.9 Å². The number of nitrogens with zero attached hydrogens (tertiary/aromatic N) is 1. The number of rotatable bonds is 3. The lowest BCUT2D eigenvalue weighted by atomic mass is 10.1. The fourth-order valence-corrected chi connectivity index (χ4v) is 2.74. The monoisotopic (exact) mass is 368 g/mol. The van der Waals surface area contributed by atoms with Crippen LogP contribution in [0.4, 0.5) is 13.2 Å². The van der Waals surface area contributed by atoms with E-state index in [2.05, 4.69) is 4.98 Å². The Hall–Kier alpha value is -2.65. The molecule has 3 rings (SSSR count). The van der Waals surface area contributed by atoms with Crippen molar-refractivity contribution in [3.8, 4) is 22.6 Å². The van der Waals surface area contributed by atoms with Crippen LogP contribution >= 0.6 is 0 Å². The zero-order valence-corrected chi connectivity index (χ0v) is 13.3. The number of nitrogens with two attached hydrogens (primary N) is 1. The van der Waals surface area contributed by atoms with Crippen molar-refractivity contribution in [3.05, 3.63) is 60.5 Å². The summed E-state index contributed by atoms with van der Waals surface area (Å²) in [7, 11) is -3.91. The Kier molecular flexibility index (Phi) is 4.13. The molecule has 9 heteroatoms. The molecule has 0 saturated heterocycles. The third-order valence-electron chi connectivity index (χ3n) is 3.36. The Morgan fingerprint density at radius 3 is 2.04 bits per heavy atom. The molecule has 0 saturated carbocycles. The first-order chi connectivity index (χ1) is 11.7. The zero-order valence-electron chi connectivity index (χ0n) is 12.5. The van der Waals surface area contributed by atoms with Gasteiger partial charge in [-0.3, -0.25) is 0 Å². The Morgan fingerprint density at radius 2 is 1.52 bits per heavy atom. The van der Waals surface area contributed by atoms with Gasteiger partial charge in [0, 0.05) is 11.1 Å². The minimum atomic E-state index is -4.75. The van der Waals surface area contributed by atoms with E-state index in [1.807, 2.05) is 0 Å². The molecule has 0 radical (unpaired) electrons. The molecule has 0 aliphatic rings. The van der Waals surface area contributed by atoms with E-state index in [0.717, 1.165) is 0 Å². The number of halogens is 3. The highest BCUT2D eigenvalue weighted by Gasteiger charge is 2.39. The highest BCUT2D eigenvalue weighted by Crippen LogP contribution is 2.38. The molecule has 5 nitrogen and oxygen atoms in total. The Bertz CT molecular complexity index is 995. The third kappa shape index (κ3) is 3.57. The lowest BCUT2D eigenvalue weighted by molar-refractivity contribution is -0.156. The van der Waals surface area contributed by atoms with Crippen molar-refractivity contribution >= 4 is 10.0 Å². The minimum absolute atomic E-state index is 0.0104. The highest BCUT2D eigenvalue weighted by molar-refractivity contribution is 7.89. The fourth-order valence-electron chi connectivity index (χ4n) is 2.22.